The van der Waals surface area contributed by atoms with Crippen LogP contribution in [0.5, 0.6) is 0 Å². The van der Waals surface area contributed by atoms with E-state index >= 15 is 0 Å². The molecule has 0 unspecified atom stereocenters. The number of rotatable bonds is 8. The van der Waals surface area contributed by atoms with Gasteiger partial charge in [0.05, 0.1) is 18.1 Å². The first kappa shape index (κ1) is 16.4. The van der Waals surface area contributed by atoms with Gasteiger partial charge in [-0.05, 0) is 36.4 Å². The van der Waals surface area contributed by atoms with E-state index in [1.54, 1.807) is 36.4 Å². The van der Waals surface area contributed by atoms with E-state index in [1.165, 1.54) is 6.08 Å². The molecule has 2 N–H and O–H groups in total. The number of anilines is 1. The molecule has 1 rings (SSSR count). The second-order valence-electron chi connectivity index (χ2n) is 4.11. The van der Waals surface area contributed by atoms with E-state index in [9.17, 15) is 4.79 Å². The normalized spacial score (nSPS) is 10.9. The third-order valence-electron chi connectivity index (χ3n) is 2.66. The molecule has 0 saturated carbocycles. The average molecular weight is 289 g/mol. The molecule has 0 heterocycles. The minimum absolute atomic E-state index is 0.176. The van der Waals surface area contributed by atoms with E-state index < -0.39 is 5.97 Å². The van der Waals surface area contributed by atoms with Crippen molar-refractivity contribution in [1.29, 1.82) is 0 Å². The van der Waals surface area contributed by atoms with Gasteiger partial charge in [-0.15, -0.1) is 0 Å². The summed E-state index contributed by atoms with van der Waals surface area (Å²) < 4.78 is 4.95. The van der Waals surface area contributed by atoms with Gasteiger partial charge in [-0.25, -0.2) is 4.79 Å². The molecule has 5 heteroatoms. The predicted molar refractivity (Wildman–Crippen MR) is 82.7 cm³/mol. The van der Waals surface area contributed by atoms with Gasteiger partial charge in [0, 0.05) is 18.8 Å². The van der Waals surface area contributed by atoms with Gasteiger partial charge in [0.15, 0.2) is 0 Å². The minimum atomic E-state index is -0.404. The standard InChI is InChI=1S/C16H19NO4/c1-2-13-21-16(20)14-5-7-15(8-6-14)17(9-3-11-18)10-4-12-19/h2-8,11-12,18-19H,1,9-10,13H2. The van der Waals surface area contributed by atoms with Crippen molar-refractivity contribution in [2.75, 3.05) is 24.6 Å². The van der Waals surface area contributed by atoms with Crippen LogP contribution in [0.25, 0.3) is 0 Å². The molecule has 21 heavy (non-hydrogen) atoms. The fraction of sp³-hybridized carbons (Fsp3) is 0.188. The maximum atomic E-state index is 11.7. The van der Waals surface area contributed by atoms with Crippen molar-refractivity contribution >= 4 is 11.7 Å². The first-order valence-corrected chi connectivity index (χ1v) is 6.44. The second-order valence-corrected chi connectivity index (χ2v) is 4.11. The van der Waals surface area contributed by atoms with Gasteiger partial charge in [0.2, 0.25) is 0 Å². The molecular formula is C16H19NO4. The molecule has 0 radical (unpaired) electrons. The predicted octanol–water partition coefficient (Wildman–Crippen LogP) is 2.98. The summed E-state index contributed by atoms with van der Waals surface area (Å²) in [5.41, 5.74) is 1.31. The van der Waals surface area contributed by atoms with Crippen molar-refractivity contribution in [3.63, 3.8) is 0 Å². The van der Waals surface area contributed by atoms with Crippen LogP contribution in [0, 0.1) is 0 Å². The average Bonchev–Trinajstić information content (AvgIpc) is 2.53. The summed E-state index contributed by atoms with van der Waals surface area (Å²) in [5, 5.41) is 17.5. The van der Waals surface area contributed by atoms with Crippen LogP contribution in [0.15, 0.2) is 61.6 Å². The Morgan fingerprint density at radius 3 is 2.19 bits per heavy atom. The lowest BCUT2D eigenvalue weighted by atomic mass is 10.2. The highest BCUT2D eigenvalue weighted by molar-refractivity contribution is 5.89. The van der Waals surface area contributed by atoms with Crippen LogP contribution in [0.2, 0.25) is 0 Å². The summed E-state index contributed by atoms with van der Waals surface area (Å²) in [6.07, 6.45) is 6.61. The van der Waals surface area contributed by atoms with E-state index in [4.69, 9.17) is 14.9 Å². The van der Waals surface area contributed by atoms with Gasteiger partial charge in [0.25, 0.3) is 0 Å². The summed E-state index contributed by atoms with van der Waals surface area (Å²) in [7, 11) is 0. The molecular weight excluding hydrogens is 270 g/mol. The number of benzene rings is 1. The summed E-state index contributed by atoms with van der Waals surface area (Å²) in [5.74, 6) is -0.404. The van der Waals surface area contributed by atoms with Crippen molar-refractivity contribution in [2.24, 2.45) is 0 Å². The first-order valence-electron chi connectivity index (χ1n) is 6.44. The third-order valence-corrected chi connectivity index (χ3v) is 2.66. The lowest BCUT2D eigenvalue weighted by Gasteiger charge is -2.21. The molecule has 112 valence electrons. The lowest BCUT2D eigenvalue weighted by molar-refractivity contribution is 0.0550. The zero-order valence-electron chi connectivity index (χ0n) is 11.7. The zero-order valence-corrected chi connectivity index (χ0v) is 11.7. The summed E-state index contributed by atoms with van der Waals surface area (Å²) in [6.45, 7) is 4.61. The molecule has 5 nitrogen and oxygen atoms in total. The molecule has 0 amide bonds. The third kappa shape index (κ3) is 5.44. The Morgan fingerprint density at radius 2 is 1.71 bits per heavy atom. The Kier molecular flexibility index (Phi) is 7.21. The number of aliphatic hydroxyl groups excluding tert-OH is 2. The Morgan fingerprint density at radius 1 is 1.14 bits per heavy atom. The number of ether oxygens (including phenoxy) is 1. The topological polar surface area (TPSA) is 70.0 Å². The van der Waals surface area contributed by atoms with E-state index in [0.29, 0.717) is 18.7 Å². The second kappa shape index (κ2) is 9.25. The van der Waals surface area contributed by atoms with E-state index in [1.807, 2.05) is 4.90 Å². The summed E-state index contributed by atoms with van der Waals surface area (Å²) in [4.78, 5) is 13.6. The SMILES string of the molecule is C=CCOC(=O)c1ccc(N(CC=CO)CC=CO)cc1. The van der Waals surface area contributed by atoms with Crippen molar-refractivity contribution in [2.45, 2.75) is 0 Å². The van der Waals surface area contributed by atoms with Gasteiger partial charge >= 0.3 is 5.97 Å². The molecule has 0 saturated heterocycles. The largest absolute Gasteiger partial charge is 0.516 e. The summed E-state index contributed by atoms with van der Waals surface area (Å²) in [6, 6.07) is 6.89. The maximum absolute atomic E-state index is 11.7. The van der Waals surface area contributed by atoms with Crippen LogP contribution in [-0.2, 0) is 4.74 Å². The van der Waals surface area contributed by atoms with Gasteiger partial charge in [-0.2, -0.15) is 0 Å². The van der Waals surface area contributed by atoms with Gasteiger partial charge < -0.3 is 19.8 Å². The maximum Gasteiger partial charge on any atom is 0.338 e. The highest BCUT2D eigenvalue weighted by atomic mass is 16.5. The van der Waals surface area contributed by atoms with Gasteiger partial charge in [-0.3, -0.25) is 0 Å². The molecule has 0 aromatic heterocycles. The lowest BCUT2D eigenvalue weighted by Crippen LogP contribution is -2.23. The Balaban J connectivity index is 2.80. The van der Waals surface area contributed by atoms with Crippen LogP contribution in [0.4, 0.5) is 5.69 Å². The fourth-order valence-electron chi connectivity index (χ4n) is 1.66. The number of hydrogen-bond donors (Lipinski definition) is 2. The Bertz CT molecular complexity index is 492. The van der Waals surface area contributed by atoms with E-state index in [0.717, 1.165) is 18.2 Å². The van der Waals surface area contributed by atoms with Crippen LogP contribution in [0.1, 0.15) is 10.4 Å². The molecule has 0 aliphatic rings. The molecule has 0 atom stereocenters. The van der Waals surface area contributed by atoms with Gasteiger partial charge in [-0.1, -0.05) is 12.7 Å². The summed E-state index contributed by atoms with van der Waals surface area (Å²) >= 11 is 0. The number of esters is 1. The number of nitrogens with zero attached hydrogens (tertiary/aromatic N) is 1. The first-order chi connectivity index (χ1) is 10.2. The fourth-order valence-corrected chi connectivity index (χ4v) is 1.66. The molecule has 0 spiro atoms. The van der Waals surface area contributed by atoms with Crippen LogP contribution in [0.3, 0.4) is 0 Å². The van der Waals surface area contributed by atoms with Crippen LogP contribution < -0.4 is 4.90 Å². The zero-order chi connectivity index (χ0) is 15.5. The number of carbonyl (C=O) groups is 1. The molecule has 0 fully saturated rings. The van der Waals surface area contributed by atoms with Crippen molar-refractivity contribution in [3.8, 4) is 0 Å². The van der Waals surface area contributed by atoms with Crippen molar-refractivity contribution in [1.82, 2.24) is 0 Å². The van der Waals surface area contributed by atoms with E-state index in [2.05, 4.69) is 6.58 Å². The monoisotopic (exact) mass is 289 g/mol. The minimum Gasteiger partial charge on any atom is -0.516 e. The highest BCUT2D eigenvalue weighted by Crippen LogP contribution is 2.16. The number of aliphatic hydroxyl groups is 2. The van der Waals surface area contributed by atoms with Crippen LogP contribution >= 0.6 is 0 Å². The molecule has 0 aliphatic carbocycles. The van der Waals surface area contributed by atoms with Crippen LogP contribution in [-0.4, -0.2) is 35.9 Å². The Labute approximate surface area is 124 Å². The smallest absolute Gasteiger partial charge is 0.338 e. The quantitative estimate of drug-likeness (QED) is 0.437. The molecule has 0 aliphatic heterocycles. The Hall–Kier alpha value is -2.69. The number of hydrogen-bond acceptors (Lipinski definition) is 5. The number of carbonyl (C=O) groups excluding carboxylic acids is 1. The van der Waals surface area contributed by atoms with Gasteiger partial charge in [0.1, 0.15) is 6.61 Å². The highest BCUT2D eigenvalue weighted by Gasteiger charge is 2.08. The molecule has 0 bridgehead atoms. The van der Waals surface area contributed by atoms with Crippen molar-refractivity contribution in [3.05, 3.63) is 67.2 Å². The molecule has 1 aromatic rings. The molecule has 1 aromatic carbocycles. The van der Waals surface area contributed by atoms with Crippen molar-refractivity contribution < 1.29 is 19.7 Å². The van der Waals surface area contributed by atoms with E-state index in [-0.39, 0.29) is 6.61 Å².